The van der Waals surface area contributed by atoms with Gasteiger partial charge >= 0.3 is 0 Å². The molecule has 0 spiro atoms. The van der Waals surface area contributed by atoms with Crippen LogP contribution in [0.4, 0.5) is 0 Å². The van der Waals surface area contributed by atoms with Crippen LogP contribution in [0.3, 0.4) is 0 Å². The van der Waals surface area contributed by atoms with Gasteiger partial charge in [-0.2, -0.15) is 0 Å². The Hall–Kier alpha value is -2.27. The van der Waals surface area contributed by atoms with Gasteiger partial charge in [-0.1, -0.05) is 12.1 Å². The van der Waals surface area contributed by atoms with E-state index in [1.807, 2.05) is 31.2 Å². The number of rotatable bonds is 4. The highest BCUT2D eigenvalue weighted by Crippen LogP contribution is 2.33. The molecule has 20 heavy (non-hydrogen) atoms. The van der Waals surface area contributed by atoms with Crippen LogP contribution in [0.5, 0.6) is 5.75 Å². The smallest absolute Gasteiger partial charge is 0.263 e. The maximum absolute atomic E-state index is 5.83. The van der Waals surface area contributed by atoms with Crippen LogP contribution in [0.25, 0.3) is 22.6 Å². The van der Waals surface area contributed by atoms with Gasteiger partial charge in [-0.3, -0.25) is 0 Å². The number of ether oxygens (including phenoxy) is 2. The normalized spacial score (nSPS) is 17.6. The summed E-state index contributed by atoms with van der Waals surface area (Å²) in [4.78, 5) is 4.17. The Morgan fingerprint density at radius 1 is 1.35 bits per heavy atom. The zero-order valence-corrected chi connectivity index (χ0v) is 11.0. The number of oxazole rings is 1. The molecule has 1 atom stereocenters. The number of fused-ring (bicyclic) bond motifs is 1. The number of aromatic nitrogens is 1. The minimum Gasteiger partial charge on any atom is -0.487 e. The molecule has 2 aromatic heterocycles. The summed E-state index contributed by atoms with van der Waals surface area (Å²) in [5, 5.41) is 0.963. The Bertz CT molecular complexity index is 754. The Balaban J connectivity index is 1.72. The molecule has 102 valence electrons. The molecule has 0 bridgehead atoms. The summed E-state index contributed by atoms with van der Waals surface area (Å²) in [6, 6.07) is 7.70. The third-order valence-electron chi connectivity index (χ3n) is 3.17. The Morgan fingerprint density at radius 3 is 3.00 bits per heavy atom. The van der Waals surface area contributed by atoms with E-state index in [-0.39, 0.29) is 6.10 Å². The Kier molecular flexibility index (Phi) is 2.53. The molecule has 3 heterocycles. The number of hydrogen-bond donors (Lipinski definition) is 0. The van der Waals surface area contributed by atoms with E-state index >= 15 is 0 Å². The van der Waals surface area contributed by atoms with Crippen LogP contribution in [0.15, 0.2) is 39.3 Å². The maximum atomic E-state index is 5.83. The van der Waals surface area contributed by atoms with E-state index in [0.29, 0.717) is 29.6 Å². The molecular formula is C15H13NO4. The van der Waals surface area contributed by atoms with Crippen LogP contribution in [0.1, 0.15) is 5.76 Å². The lowest BCUT2D eigenvalue weighted by molar-refractivity contribution is 0.263. The summed E-state index contributed by atoms with van der Waals surface area (Å²) in [6.45, 7) is 3.17. The summed E-state index contributed by atoms with van der Waals surface area (Å²) in [5.41, 5.74) is 0.707. The van der Waals surface area contributed by atoms with Crippen molar-refractivity contribution in [2.45, 2.75) is 13.0 Å². The molecule has 1 fully saturated rings. The molecule has 1 aromatic carbocycles. The van der Waals surface area contributed by atoms with E-state index in [1.54, 1.807) is 6.20 Å². The van der Waals surface area contributed by atoms with Crippen molar-refractivity contribution in [3.05, 3.63) is 36.2 Å². The molecule has 1 aliphatic heterocycles. The van der Waals surface area contributed by atoms with Crippen LogP contribution in [-0.4, -0.2) is 24.3 Å². The summed E-state index contributed by atoms with van der Waals surface area (Å²) in [5.74, 6) is 2.55. The zero-order chi connectivity index (χ0) is 13.5. The molecule has 0 aliphatic carbocycles. The molecule has 1 saturated heterocycles. The first kappa shape index (κ1) is 11.5. The fraction of sp³-hybridized carbons (Fsp3) is 0.267. The van der Waals surface area contributed by atoms with Gasteiger partial charge in [0.05, 0.1) is 12.8 Å². The van der Waals surface area contributed by atoms with Crippen LogP contribution in [-0.2, 0) is 4.74 Å². The molecule has 4 rings (SSSR count). The fourth-order valence-corrected chi connectivity index (χ4v) is 2.07. The fourth-order valence-electron chi connectivity index (χ4n) is 2.07. The number of epoxide rings is 1. The largest absolute Gasteiger partial charge is 0.487 e. The van der Waals surface area contributed by atoms with Gasteiger partial charge < -0.3 is 18.3 Å². The molecule has 5 heteroatoms. The van der Waals surface area contributed by atoms with Crippen LogP contribution < -0.4 is 4.74 Å². The predicted molar refractivity (Wildman–Crippen MR) is 71.7 cm³/mol. The molecule has 3 aromatic rings. The summed E-state index contributed by atoms with van der Waals surface area (Å²) < 4.78 is 22.2. The Morgan fingerprint density at radius 2 is 2.25 bits per heavy atom. The van der Waals surface area contributed by atoms with Gasteiger partial charge in [0.2, 0.25) is 0 Å². The summed E-state index contributed by atoms with van der Waals surface area (Å²) in [6.07, 6.45) is 1.89. The average Bonchev–Trinajstić information content (AvgIpc) is 3.00. The first-order valence-electron chi connectivity index (χ1n) is 6.49. The van der Waals surface area contributed by atoms with Gasteiger partial charge in [0.15, 0.2) is 17.1 Å². The number of furan rings is 1. The zero-order valence-electron chi connectivity index (χ0n) is 11.0. The van der Waals surface area contributed by atoms with Gasteiger partial charge in [0.1, 0.15) is 18.5 Å². The highest BCUT2D eigenvalue weighted by atomic mass is 16.6. The van der Waals surface area contributed by atoms with Crippen molar-refractivity contribution in [3.8, 4) is 17.4 Å². The van der Waals surface area contributed by atoms with Crippen LogP contribution in [0.2, 0.25) is 0 Å². The first-order valence-corrected chi connectivity index (χ1v) is 6.49. The second kappa shape index (κ2) is 4.38. The van der Waals surface area contributed by atoms with E-state index in [1.165, 1.54) is 0 Å². The summed E-state index contributed by atoms with van der Waals surface area (Å²) >= 11 is 0. The number of nitrogens with zero attached hydrogens (tertiary/aromatic N) is 1. The average molecular weight is 271 g/mol. The molecule has 5 nitrogen and oxygen atoms in total. The summed E-state index contributed by atoms with van der Waals surface area (Å²) in [7, 11) is 0. The van der Waals surface area contributed by atoms with Gasteiger partial charge in [-0.15, -0.1) is 0 Å². The van der Waals surface area contributed by atoms with E-state index in [0.717, 1.165) is 17.8 Å². The van der Waals surface area contributed by atoms with E-state index in [4.69, 9.17) is 18.3 Å². The lowest BCUT2D eigenvalue weighted by atomic mass is 10.2. The van der Waals surface area contributed by atoms with Crippen molar-refractivity contribution in [1.29, 1.82) is 0 Å². The topological polar surface area (TPSA) is 60.9 Å². The lowest BCUT2D eigenvalue weighted by Gasteiger charge is -2.03. The molecular weight excluding hydrogens is 258 g/mol. The van der Waals surface area contributed by atoms with E-state index in [2.05, 4.69) is 4.98 Å². The quantitative estimate of drug-likeness (QED) is 0.682. The van der Waals surface area contributed by atoms with E-state index in [9.17, 15) is 0 Å². The maximum Gasteiger partial charge on any atom is 0.263 e. The molecule has 0 amide bonds. The van der Waals surface area contributed by atoms with Gasteiger partial charge in [0, 0.05) is 5.39 Å². The van der Waals surface area contributed by atoms with Gasteiger partial charge in [0.25, 0.3) is 5.89 Å². The molecule has 1 aliphatic rings. The monoisotopic (exact) mass is 271 g/mol. The van der Waals surface area contributed by atoms with Crippen molar-refractivity contribution in [1.82, 2.24) is 4.98 Å². The standard InChI is InChI=1S/C15H13NO4/c1-9-6-16-15(19-9)13-5-10-3-2-4-12(14(10)20-13)18-8-11-7-17-11/h2-6,11H,7-8H2,1H3/t11-/m0/s1. The van der Waals surface area contributed by atoms with Crippen molar-refractivity contribution in [3.63, 3.8) is 0 Å². The number of hydrogen-bond acceptors (Lipinski definition) is 5. The Labute approximate surface area is 115 Å². The minimum absolute atomic E-state index is 0.217. The predicted octanol–water partition coefficient (Wildman–Crippen LogP) is 3.17. The number of benzene rings is 1. The van der Waals surface area contributed by atoms with Crippen molar-refractivity contribution >= 4 is 11.0 Å². The number of aryl methyl sites for hydroxylation is 1. The third-order valence-corrected chi connectivity index (χ3v) is 3.17. The molecule has 0 saturated carbocycles. The van der Waals surface area contributed by atoms with E-state index < -0.39 is 0 Å². The third kappa shape index (κ3) is 2.06. The highest BCUT2D eigenvalue weighted by molar-refractivity contribution is 5.86. The van der Waals surface area contributed by atoms with Crippen molar-refractivity contribution < 1.29 is 18.3 Å². The first-order chi connectivity index (χ1) is 9.79. The van der Waals surface area contributed by atoms with Crippen molar-refractivity contribution in [2.75, 3.05) is 13.2 Å². The lowest BCUT2D eigenvalue weighted by Crippen LogP contribution is -2.03. The van der Waals surface area contributed by atoms with Crippen molar-refractivity contribution in [2.24, 2.45) is 0 Å². The van der Waals surface area contributed by atoms with Gasteiger partial charge in [-0.05, 0) is 19.1 Å². The highest BCUT2D eigenvalue weighted by Gasteiger charge is 2.24. The second-order valence-electron chi connectivity index (χ2n) is 4.83. The molecule has 0 N–H and O–H groups in total. The van der Waals surface area contributed by atoms with Crippen LogP contribution >= 0.6 is 0 Å². The molecule has 0 unspecified atom stereocenters. The van der Waals surface area contributed by atoms with Crippen LogP contribution in [0, 0.1) is 6.92 Å². The van der Waals surface area contributed by atoms with Gasteiger partial charge in [-0.25, -0.2) is 4.98 Å². The number of para-hydroxylation sites is 1. The molecule has 0 radical (unpaired) electrons. The second-order valence-corrected chi connectivity index (χ2v) is 4.83. The SMILES string of the molecule is Cc1cnc(-c2cc3cccc(OC[C@@H]4CO4)c3o2)o1. The minimum atomic E-state index is 0.217.